The van der Waals surface area contributed by atoms with E-state index in [1.54, 1.807) is 18.2 Å². The summed E-state index contributed by atoms with van der Waals surface area (Å²) in [4.78, 5) is 50.1. The molecule has 10 heteroatoms. The summed E-state index contributed by atoms with van der Waals surface area (Å²) in [5.74, 6) is -2.00. The van der Waals surface area contributed by atoms with Crippen molar-refractivity contribution in [3.05, 3.63) is 34.9 Å². The fourth-order valence-corrected chi connectivity index (χ4v) is 4.56. The van der Waals surface area contributed by atoms with Crippen LogP contribution in [0, 0.1) is 0 Å². The van der Waals surface area contributed by atoms with Gasteiger partial charge in [-0.2, -0.15) is 0 Å². The highest BCUT2D eigenvalue weighted by Gasteiger charge is 2.44. The number of fused-ring (bicyclic) bond motifs is 2. The van der Waals surface area contributed by atoms with E-state index in [0.29, 0.717) is 19.7 Å². The first-order valence-corrected chi connectivity index (χ1v) is 10.5. The van der Waals surface area contributed by atoms with Crippen LogP contribution in [0.4, 0.5) is 0 Å². The van der Waals surface area contributed by atoms with E-state index in [2.05, 4.69) is 16.0 Å². The summed E-state index contributed by atoms with van der Waals surface area (Å²) in [6.07, 6.45) is 0.419. The molecular weight excluding hydrogens is 404 g/mol. The summed E-state index contributed by atoms with van der Waals surface area (Å²) >= 11 is 0. The Morgan fingerprint density at radius 3 is 2.71 bits per heavy atom. The van der Waals surface area contributed by atoms with E-state index in [4.69, 9.17) is 9.47 Å². The number of carbonyl (C=O) groups excluding carboxylic acids is 4. The molecule has 4 atom stereocenters. The second kappa shape index (κ2) is 8.12. The molecule has 4 aliphatic heterocycles. The topological polar surface area (TPSA) is 126 Å². The van der Waals surface area contributed by atoms with E-state index in [1.165, 1.54) is 0 Å². The molecule has 5 rings (SSSR count). The van der Waals surface area contributed by atoms with Crippen LogP contribution in [0.1, 0.15) is 39.1 Å². The molecule has 4 amide bonds. The zero-order valence-electron chi connectivity index (χ0n) is 16.9. The molecule has 3 fully saturated rings. The number of imide groups is 2. The van der Waals surface area contributed by atoms with Crippen molar-refractivity contribution in [1.29, 1.82) is 0 Å². The van der Waals surface area contributed by atoms with Crippen molar-refractivity contribution in [3.63, 3.8) is 0 Å². The first-order valence-electron chi connectivity index (χ1n) is 10.5. The zero-order chi connectivity index (χ0) is 21.5. The Bertz CT molecular complexity index is 950. The van der Waals surface area contributed by atoms with Crippen molar-refractivity contribution in [3.8, 4) is 0 Å². The average Bonchev–Trinajstić information content (AvgIpc) is 3.31. The predicted molar refractivity (Wildman–Crippen MR) is 106 cm³/mol. The minimum atomic E-state index is -0.955. The molecule has 0 spiro atoms. The molecule has 4 aliphatic rings. The molecule has 0 radical (unpaired) electrons. The number of hydrogen-bond donors (Lipinski definition) is 3. The number of nitrogens with zero attached hydrogens (tertiary/aromatic N) is 1. The standard InChI is InChI=1S/C21H24N4O6/c26-18-4-3-15(19(27)24-18)25-20(28)13-2-1-11(5-14(13)21(25)29)6-22-7-12-10-30-16-8-23-9-17(16)31-12/h1-2,5,12,15-17,22-23H,3-4,6-10H2,(H,24,26,27). The van der Waals surface area contributed by atoms with Gasteiger partial charge in [-0.15, -0.1) is 0 Å². The van der Waals surface area contributed by atoms with Crippen molar-refractivity contribution in [2.75, 3.05) is 26.2 Å². The maximum absolute atomic E-state index is 12.9. The van der Waals surface area contributed by atoms with Gasteiger partial charge in [-0.05, 0) is 24.1 Å². The summed E-state index contributed by atoms with van der Waals surface area (Å²) in [6.45, 7) is 3.26. The maximum atomic E-state index is 12.9. The molecule has 4 heterocycles. The van der Waals surface area contributed by atoms with Gasteiger partial charge in [-0.1, -0.05) is 6.07 Å². The Morgan fingerprint density at radius 1 is 1.06 bits per heavy atom. The number of hydrogen-bond acceptors (Lipinski definition) is 8. The van der Waals surface area contributed by atoms with Gasteiger partial charge in [0.15, 0.2) is 0 Å². The molecule has 0 aliphatic carbocycles. The van der Waals surface area contributed by atoms with Gasteiger partial charge in [0.25, 0.3) is 11.8 Å². The minimum absolute atomic E-state index is 0.0400. The van der Waals surface area contributed by atoms with Crippen LogP contribution in [0.5, 0.6) is 0 Å². The largest absolute Gasteiger partial charge is 0.371 e. The molecule has 0 bridgehead atoms. The van der Waals surface area contributed by atoms with Crippen molar-refractivity contribution in [2.45, 2.75) is 43.7 Å². The summed E-state index contributed by atoms with van der Waals surface area (Å²) in [5.41, 5.74) is 1.41. The third kappa shape index (κ3) is 3.76. The number of carbonyl (C=O) groups is 4. The molecular formula is C21H24N4O6. The fourth-order valence-electron chi connectivity index (χ4n) is 4.56. The van der Waals surface area contributed by atoms with Crippen LogP contribution in [-0.2, 0) is 25.6 Å². The van der Waals surface area contributed by atoms with Crippen molar-refractivity contribution in [1.82, 2.24) is 20.9 Å². The van der Waals surface area contributed by atoms with Gasteiger partial charge in [0.2, 0.25) is 11.8 Å². The van der Waals surface area contributed by atoms with Gasteiger partial charge in [-0.3, -0.25) is 29.4 Å². The highest BCUT2D eigenvalue weighted by molar-refractivity contribution is 6.23. The normalized spacial score (nSPS) is 30.4. The maximum Gasteiger partial charge on any atom is 0.262 e. The van der Waals surface area contributed by atoms with Gasteiger partial charge < -0.3 is 20.1 Å². The van der Waals surface area contributed by atoms with Crippen LogP contribution in [0.15, 0.2) is 18.2 Å². The van der Waals surface area contributed by atoms with Crippen LogP contribution in [0.25, 0.3) is 0 Å². The van der Waals surface area contributed by atoms with E-state index in [-0.39, 0.29) is 42.3 Å². The summed E-state index contributed by atoms with van der Waals surface area (Å²) in [5, 5.41) is 8.77. The lowest BCUT2D eigenvalue weighted by atomic mass is 10.0. The highest BCUT2D eigenvalue weighted by atomic mass is 16.6. The van der Waals surface area contributed by atoms with Crippen LogP contribution in [0.2, 0.25) is 0 Å². The second-order valence-electron chi connectivity index (χ2n) is 8.28. The summed E-state index contributed by atoms with van der Waals surface area (Å²) in [7, 11) is 0. The van der Waals surface area contributed by atoms with Crippen LogP contribution in [0.3, 0.4) is 0 Å². The van der Waals surface area contributed by atoms with Gasteiger partial charge in [-0.25, -0.2) is 0 Å². The Morgan fingerprint density at radius 2 is 1.87 bits per heavy atom. The molecule has 1 aromatic rings. The number of piperidine rings is 1. The SMILES string of the molecule is O=C1CCC(N2C(=O)c3ccc(CNCC4COC5CNCC5O4)cc3C2=O)C(=O)N1. The predicted octanol–water partition coefficient (Wildman–Crippen LogP) is -1.07. The van der Waals surface area contributed by atoms with E-state index in [0.717, 1.165) is 23.6 Å². The lowest BCUT2D eigenvalue weighted by Crippen LogP contribution is -2.54. The molecule has 3 saturated heterocycles. The number of benzene rings is 1. The summed E-state index contributed by atoms with van der Waals surface area (Å²) in [6, 6.07) is 4.14. The smallest absolute Gasteiger partial charge is 0.262 e. The van der Waals surface area contributed by atoms with Gasteiger partial charge in [0.1, 0.15) is 6.04 Å². The first kappa shape index (κ1) is 20.3. The quantitative estimate of drug-likeness (QED) is 0.507. The van der Waals surface area contributed by atoms with Crippen molar-refractivity contribution in [2.24, 2.45) is 0 Å². The third-order valence-electron chi connectivity index (χ3n) is 6.17. The van der Waals surface area contributed by atoms with E-state index >= 15 is 0 Å². The van der Waals surface area contributed by atoms with E-state index < -0.39 is 29.7 Å². The second-order valence-corrected chi connectivity index (χ2v) is 8.28. The molecule has 164 valence electrons. The Hall–Kier alpha value is -2.66. The number of nitrogens with one attached hydrogen (secondary N) is 3. The fraction of sp³-hybridized carbons (Fsp3) is 0.524. The van der Waals surface area contributed by atoms with Crippen LogP contribution < -0.4 is 16.0 Å². The monoisotopic (exact) mass is 428 g/mol. The Balaban J connectivity index is 1.21. The Labute approximate surface area is 178 Å². The molecule has 0 aromatic heterocycles. The average molecular weight is 428 g/mol. The molecule has 1 aromatic carbocycles. The van der Waals surface area contributed by atoms with Crippen molar-refractivity contribution < 1.29 is 28.7 Å². The number of ether oxygens (including phenoxy) is 2. The first-order chi connectivity index (χ1) is 15.0. The van der Waals surface area contributed by atoms with Crippen molar-refractivity contribution >= 4 is 23.6 Å². The molecule has 31 heavy (non-hydrogen) atoms. The van der Waals surface area contributed by atoms with Gasteiger partial charge in [0.05, 0.1) is 36.0 Å². The summed E-state index contributed by atoms with van der Waals surface area (Å²) < 4.78 is 11.9. The van der Waals surface area contributed by atoms with E-state index in [9.17, 15) is 19.2 Å². The molecule has 10 nitrogen and oxygen atoms in total. The minimum Gasteiger partial charge on any atom is -0.371 e. The molecule has 3 N–H and O–H groups in total. The van der Waals surface area contributed by atoms with Crippen LogP contribution >= 0.6 is 0 Å². The Kier molecular flexibility index (Phi) is 5.30. The zero-order valence-corrected chi connectivity index (χ0v) is 16.9. The molecule has 4 unspecified atom stereocenters. The van der Waals surface area contributed by atoms with Gasteiger partial charge >= 0.3 is 0 Å². The number of amides is 4. The number of rotatable bonds is 5. The molecule has 0 saturated carbocycles. The van der Waals surface area contributed by atoms with Crippen LogP contribution in [-0.4, -0.2) is 79.1 Å². The lowest BCUT2D eigenvalue weighted by Gasteiger charge is -2.32. The lowest BCUT2D eigenvalue weighted by molar-refractivity contribution is -0.158. The van der Waals surface area contributed by atoms with E-state index in [1.807, 2.05) is 0 Å². The third-order valence-corrected chi connectivity index (χ3v) is 6.17. The van der Waals surface area contributed by atoms with Gasteiger partial charge in [0, 0.05) is 32.6 Å². The highest BCUT2D eigenvalue weighted by Crippen LogP contribution is 2.28.